The van der Waals surface area contributed by atoms with E-state index in [4.69, 9.17) is 69.8 Å². The van der Waals surface area contributed by atoms with Crippen LogP contribution in [0.15, 0.2) is 0 Å². The first-order valence-corrected chi connectivity index (χ1v) is 30.1. The van der Waals surface area contributed by atoms with Crippen molar-refractivity contribution in [3.63, 3.8) is 0 Å². The van der Waals surface area contributed by atoms with E-state index in [1.165, 1.54) is 0 Å². The lowest BCUT2D eigenvalue weighted by Gasteiger charge is -2.25. The maximum atomic E-state index is 5.59. The molecule has 80 heavy (non-hydrogen) atoms. The monoisotopic (exact) mass is 1070 g/mol. The van der Waals surface area contributed by atoms with E-state index in [1.807, 2.05) is 0 Å². The number of aromatic amines is 2. The normalized spacial score (nSPS) is 20.2. The molecule has 7 aromatic heterocycles. The Bertz CT molecular complexity index is 3310. The summed E-state index contributed by atoms with van der Waals surface area (Å²) in [5.74, 6) is 8.47. The molecule has 24 nitrogen and oxygen atoms in total. The Morgan fingerprint density at radius 2 is 0.350 bits per heavy atom. The lowest BCUT2D eigenvalue weighted by Crippen LogP contribution is -2.27. The van der Waals surface area contributed by atoms with E-state index in [9.17, 15) is 0 Å². The summed E-state index contributed by atoms with van der Waals surface area (Å²) in [7, 11) is 0. The van der Waals surface area contributed by atoms with Gasteiger partial charge in [-0.2, -0.15) is 0 Å². The molecule has 0 spiro atoms. The van der Waals surface area contributed by atoms with E-state index < -0.39 is 0 Å². The highest BCUT2D eigenvalue weighted by Gasteiger charge is 2.36. The van der Waals surface area contributed by atoms with Gasteiger partial charge in [-0.3, -0.25) is 0 Å². The Morgan fingerprint density at radius 1 is 0.188 bits per heavy atom. The summed E-state index contributed by atoms with van der Waals surface area (Å²) in [4.78, 5) is 104. The largest absolute Gasteiger partial charge is 0.354 e. The summed E-state index contributed by atoms with van der Waals surface area (Å²) in [6.07, 6.45) is 17.6. The van der Waals surface area contributed by atoms with Crippen molar-refractivity contribution in [2.24, 2.45) is 0 Å². The van der Waals surface area contributed by atoms with Gasteiger partial charge in [-0.1, -0.05) is 0 Å². The predicted molar refractivity (Wildman–Crippen MR) is 310 cm³/mol. The van der Waals surface area contributed by atoms with Crippen molar-refractivity contribution in [1.82, 2.24) is 79.7 Å². The molecule has 0 aliphatic carbocycles. The van der Waals surface area contributed by atoms with Gasteiger partial charge in [0.1, 0.15) is 44.8 Å². The van der Waals surface area contributed by atoms with Crippen LogP contribution in [0.2, 0.25) is 0 Å². The van der Waals surface area contributed by atoms with Crippen LogP contribution in [0.4, 0.5) is 46.5 Å². The van der Waals surface area contributed by atoms with Crippen molar-refractivity contribution in [1.29, 1.82) is 0 Å². The molecule has 8 fully saturated rings. The van der Waals surface area contributed by atoms with Crippen LogP contribution in [0.1, 0.15) is 103 Å². The van der Waals surface area contributed by atoms with Gasteiger partial charge in [0.25, 0.3) is 0 Å². The highest BCUT2D eigenvalue weighted by Crippen LogP contribution is 2.44. The van der Waals surface area contributed by atoms with E-state index >= 15 is 0 Å². The van der Waals surface area contributed by atoms with Crippen LogP contribution in [-0.4, -0.2) is 184 Å². The minimum absolute atomic E-state index is 0.380. The maximum Gasteiger partial charge on any atom is 0.184 e. The van der Waals surface area contributed by atoms with Crippen LogP contribution < -0.4 is 39.2 Å². The third kappa shape index (κ3) is 7.72. The molecule has 410 valence electrons. The number of H-pyrrole nitrogens is 2. The highest BCUT2D eigenvalue weighted by molar-refractivity contribution is 6.03. The topological polar surface area (TPSA) is 238 Å². The molecule has 7 aromatic rings. The summed E-state index contributed by atoms with van der Waals surface area (Å²) in [5, 5.41) is 0. The molecule has 10 aliphatic rings. The Hall–Kier alpha value is -7.92. The fourth-order valence-electron chi connectivity index (χ4n) is 14.0. The van der Waals surface area contributed by atoms with Crippen molar-refractivity contribution < 1.29 is 0 Å². The molecule has 8 saturated heterocycles. The van der Waals surface area contributed by atoms with Crippen LogP contribution in [0.3, 0.4) is 0 Å². The Morgan fingerprint density at radius 3 is 0.525 bits per heavy atom. The number of rotatable bonds is 8. The minimum atomic E-state index is 0.380. The zero-order valence-electron chi connectivity index (χ0n) is 45.5. The zero-order chi connectivity index (χ0) is 52.4. The van der Waals surface area contributed by atoms with Gasteiger partial charge < -0.3 is 49.2 Å². The van der Waals surface area contributed by atoms with Gasteiger partial charge in [-0.05, 0) is 103 Å². The second-order valence-corrected chi connectivity index (χ2v) is 23.4. The summed E-state index contributed by atoms with van der Waals surface area (Å²) in [6, 6.07) is 0. The molecule has 0 radical (unpaired) electrons. The lowest BCUT2D eigenvalue weighted by molar-refractivity contribution is 0.881. The molecular weight excluding hydrogens is 1010 g/mol. The maximum absolute atomic E-state index is 5.59. The fourth-order valence-corrected chi connectivity index (χ4v) is 14.0. The van der Waals surface area contributed by atoms with E-state index in [1.54, 1.807) is 0 Å². The number of nitrogens with zero attached hydrogens (tertiary/aromatic N) is 22. The van der Waals surface area contributed by atoms with Crippen LogP contribution in [0.5, 0.6) is 0 Å². The smallest absolute Gasteiger partial charge is 0.184 e. The summed E-state index contributed by atoms with van der Waals surface area (Å²) >= 11 is 0. The molecule has 24 heteroatoms. The van der Waals surface area contributed by atoms with Crippen LogP contribution in [0, 0.1) is 0 Å². The molecule has 17 rings (SSSR count). The van der Waals surface area contributed by atoms with E-state index in [2.05, 4.69) is 49.2 Å². The average Bonchev–Trinajstić information content (AvgIpc) is 4.47. The number of hydrogen-bond donors (Lipinski definition) is 2. The van der Waals surface area contributed by atoms with Crippen molar-refractivity contribution in [2.45, 2.75) is 103 Å². The van der Waals surface area contributed by atoms with Gasteiger partial charge in [0.15, 0.2) is 92.4 Å². The summed E-state index contributed by atoms with van der Waals surface area (Å²) < 4.78 is 0. The van der Waals surface area contributed by atoms with Gasteiger partial charge in [-0.15, -0.1) is 0 Å². The van der Waals surface area contributed by atoms with Gasteiger partial charge >= 0.3 is 0 Å². The van der Waals surface area contributed by atoms with Crippen LogP contribution in [0.25, 0.3) is 90.7 Å². The molecular formula is C56H66N24. The quantitative estimate of drug-likeness (QED) is 0.158. The molecule has 0 unspecified atom stereocenters. The van der Waals surface area contributed by atoms with Gasteiger partial charge in [0, 0.05) is 105 Å². The average molecular weight is 1080 g/mol. The number of nitrogens with one attached hydrogen (secondary N) is 2. The zero-order valence-corrected chi connectivity index (χ0v) is 45.5. The summed E-state index contributed by atoms with van der Waals surface area (Å²) in [5.41, 5.74) is 6.48. The predicted octanol–water partition coefficient (Wildman–Crippen LogP) is 6.83. The molecule has 10 aliphatic heterocycles. The van der Waals surface area contributed by atoms with Gasteiger partial charge in [-0.25, -0.2) is 69.8 Å². The van der Waals surface area contributed by atoms with Crippen molar-refractivity contribution in [2.75, 3.05) is 144 Å². The second kappa shape index (κ2) is 18.9. The Balaban J connectivity index is 0.996. The second-order valence-electron chi connectivity index (χ2n) is 23.4. The molecule has 17 heterocycles. The number of aromatic nitrogens is 16. The standard InChI is InChI=1S/C56H66N24/c1-2-18-73(17-1)49-50(74-19-3-4-20-74)58-34-33(57-49)41-65-42(34)70-44-37-38(62-54(78-27-11-12-28-78)53(61-37)77-25-9-10-26-77)46(67-44)72-48-40-39(63-55(79-29-13-14-30-79)56(64-40)80-31-15-16-32-80)47(68-48)71-45-36-35(43(66-45)69-41)59-51(75-21-5-6-22-75)52(60-36)76-23-7-8-24-76/h1-32H2,(H2,65,66,67,68,69,70,71,72). The number of fused-ring (bicyclic) bond motifs is 20. The van der Waals surface area contributed by atoms with E-state index in [0.717, 1.165) is 254 Å². The van der Waals surface area contributed by atoms with Crippen LogP contribution in [-0.2, 0) is 0 Å². The van der Waals surface area contributed by atoms with Gasteiger partial charge in [0.05, 0.1) is 0 Å². The number of anilines is 8. The lowest BCUT2D eigenvalue weighted by atomic mass is 10.3. The third-order valence-electron chi connectivity index (χ3n) is 18.2. The van der Waals surface area contributed by atoms with Crippen molar-refractivity contribution in [3.05, 3.63) is 0 Å². The number of hydrogen-bond acceptors (Lipinski definition) is 22. The first kappa shape index (κ1) is 46.9. The molecule has 0 amide bonds. The molecule has 2 N–H and O–H groups in total. The minimum Gasteiger partial charge on any atom is -0.354 e. The Kier molecular flexibility index (Phi) is 11.1. The van der Waals surface area contributed by atoms with Crippen LogP contribution >= 0.6 is 0 Å². The van der Waals surface area contributed by atoms with Gasteiger partial charge in [0.2, 0.25) is 0 Å². The van der Waals surface area contributed by atoms with Crippen molar-refractivity contribution >= 4 is 91.2 Å². The highest BCUT2D eigenvalue weighted by atomic mass is 15.3. The van der Waals surface area contributed by atoms with E-state index in [0.29, 0.717) is 90.7 Å². The molecule has 8 bridgehead atoms. The van der Waals surface area contributed by atoms with Crippen molar-refractivity contribution in [3.8, 4) is 46.1 Å². The first-order chi connectivity index (χ1) is 39.6. The SMILES string of the molecule is C1CCN(c2nc3c(nc2N2CCCC2)-c2nc-3nc3[nH]c(nc4nc(nc5[nH]c(n2)c2nc(N6CCCC6)c(N6CCCC6)nc52)-c2nc(N5CCCC5)c(N5CCCC5)nc2-4)c2nc(N4CCCC4)c(N4CCCC4)nc32)C1. The molecule has 0 saturated carbocycles. The fraction of sp³-hybridized carbons (Fsp3) is 0.571. The van der Waals surface area contributed by atoms with E-state index in [-0.39, 0.29) is 0 Å². The summed E-state index contributed by atoms with van der Waals surface area (Å²) in [6.45, 7) is 14.6. The Labute approximate surface area is 462 Å². The molecule has 0 atom stereocenters. The third-order valence-corrected chi connectivity index (χ3v) is 18.2. The first-order valence-electron chi connectivity index (χ1n) is 30.1. The molecule has 0 aromatic carbocycles.